The lowest BCUT2D eigenvalue weighted by Gasteiger charge is -2.10. The van der Waals surface area contributed by atoms with Gasteiger partial charge in [0, 0.05) is 0 Å². The van der Waals surface area contributed by atoms with Crippen molar-refractivity contribution in [1.82, 2.24) is 15.4 Å². The highest BCUT2D eigenvalue weighted by molar-refractivity contribution is 6.50. The van der Waals surface area contributed by atoms with E-state index in [1.807, 2.05) is 24.3 Å². The average Bonchev–Trinajstić information content (AvgIpc) is 2.80. The van der Waals surface area contributed by atoms with E-state index in [1.54, 1.807) is 0 Å². The number of aromatic nitrogens is 3. The molecule has 0 saturated carbocycles. The van der Waals surface area contributed by atoms with Gasteiger partial charge in [-0.15, -0.1) is 5.10 Å². The topological polar surface area (TPSA) is 69.3 Å². The largest absolute Gasteiger partial charge is 0.425 e. The smallest absolute Gasteiger partial charge is 0.286 e. The lowest BCUT2D eigenvalue weighted by molar-refractivity contribution is 0.347. The molecule has 1 fully saturated rings. The fourth-order valence-corrected chi connectivity index (χ4v) is 6.48. The van der Waals surface area contributed by atoms with Gasteiger partial charge in [-0.2, -0.15) is 0 Å². The lowest BCUT2D eigenvalue weighted by atomic mass is 10.3. The number of hydrogen-bond donors (Lipinski definition) is 1. The van der Waals surface area contributed by atoms with Crippen LogP contribution in [-0.4, -0.2) is 45.4 Å². The highest BCUT2D eigenvalue weighted by Gasteiger charge is 1.97. The molecule has 2 aromatic rings. The van der Waals surface area contributed by atoms with Crippen LogP contribution in [-0.2, 0) is 12.3 Å². The third kappa shape index (κ3) is 3.33. The number of nitrogens with zero attached hydrogens (tertiary/aromatic N) is 2. The van der Waals surface area contributed by atoms with Gasteiger partial charge in [-0.05, 0) is 12.1 Å². The molecular formula is C6H11N3O3Si3. The van der Waals surface area contributed by atoms with Gasteiger partial charge in [0.25, 0.3) is 30.0 Å². The molecule has 0 spiro atoms. The van der Waals surface area contributed by atoms with Crippen LogP contribution in [0.2, 0.25) is 0 Å². The summed E-state index contributed by atoms with van der Waals surface area (Å²) in [7, 11) is -1.48. The summed E-state index contributed by atoms with van der Waals surface area (Å²) in [6.45, 7) is 0. The van der Waals surface area contributed by atoms with Crippen LogP contribution in [0, 0.1) is 0 Å². The average molecular weight is 257 g/mol. The summed E-state index contributed by atoms with van der Waals surface area (Å²) in [5.41, 5.74) is 1.90. The summed E-state index contributed by atoms with van der Waals surface area (Å²) in [4.78, 5) is 0. The maximum Gasteiger partial charge on any atom is 0.286 e. The summed E-state index contributed by atoms with van der Waals surface area (Å²) in [5.74, 6) is 0. The van der Waals surface area contributed by atoms with Crippen molar-refractivity contribution in [3.8, 4) is 0 Å². The van der Waals surface area contributed by atoms with E-state index in [-0.39, 0.29) is 0 Å². The molecule has 15 heavy (non-hydrogen) atoms. The number of hydrogen-bond acceptors (Lipinski definition) is 5. The Morgan fingerprint density at radius 3 is 2.27 bits per heavy atom. The van der Waals surface area contributed by atoms with Crippen LogP contribution in [0.25, 0.3) is 11.0 Å². The highest BCUT2D eigenvalue weighted by atomic mass is 28.4. The van der Waals surface area contributed by atoms with Crippen molar-refractivity contribution < 1.29 is 12.3 Å². The van der Waals surface area contributed by atoms with E-state index in [9.17, 15) is 0 Å². The van der Waals surface area contributed by atoms with Gasteiger partial charge in [0.2, 0.25) is 0 Å². The number of nitrogens with one attached hydrogen (secondary N) is 1. The minimum Gasteiger partial charge on any atom is -0.425 e. The van der Waals surface area contributed by atoms with E-state index in [4.69, 9.17) is 12.3 Å². The van der Waals surface area contributed by atoms with Crippen molar-refractivity contribution in [2.45, 2.75) is 0 Å². The van der Waals surface area contributed by atoms with Gasteiger partial charge in [-0.3, -0.25) is 5.10 Å². The zero-order chi connectivity index (χ0) is 10.3. The molecule has 1 saturated heterocycles. The van der Waals surface area contributed by atoms with Crippen LogP contribution in [0.5, 0.6) is 0 Å². The molecule has 1 N–H and O–H groups in total. The standard InChI is InChI=1S/C6H5N3.H6O3Si3/c1-2-4-6-5(3-1)7-9-8-6;1-4-2-6-3-5-1/h1-4H,(H,7,8,9);4-6H2. The van der Waals surface area contributed by atoms with Crippen molar-refractivity contribution in [3.63, 3.8) is 0 Å². The molecule has 1 aliphatic heterocycles. The molecule has 0 bridgehead atoms. The predicted molar refractivity (Wildman–Crippen MR) is 62.8 cm³/mol. The Morgan fingerprint density at radius 2 is 1.67 bits per heavy atom. The van der Waals surface area contributed by atoms with Crippen molar-refractivity contribution in [1.29, 1.82) is 0 Å². The van der Waals surface area contributed by atoms with Crippen LogP contribution < -0.4 is 0 Å². The van der Waals surface area contributed by atoms with E-state index in [0.717, 1.165) is 11.0 Å². The third-order valence-electron chi connectivity index (χ3n) is 1.73. The quantitative estimate of drug-likeness (QED) is 0.553. The molecule has 80 valence electrons. The van der Waals surface area contributed by atoms with E-state index in [0.29, 0.717) is 0 Å². The van der Waals surface area contributed by atoms with Crippen molar-refractivity contribution >= 4 is 41.1 Å². The van der Waals surface area contributed by atoms with Crippen LogP contribution in [0.3, 0.4) is 0 Å². The summed E-state index contributed by atoms with van der Waals surface area (Å²) in [6, 6.07) is 7.74. The monoisotopic (exact) mass is 257 g/mol. The number of fused-ring (bicyclic) bond motifs is 1. The Balaban J connectivity index is 0.000000124. The molecule has 0 amide bonds. The zero-order valence-corrected chi connectivity index (χ0v) is 12.3. The highest BCUT2D eigenvalue weighted by Crippen LogP contribution is 2.03. The summed E-state index contributed by atoms with van der Waals surface area (Å²) in [6.07, 6.45) is 0. The van der Waals surface area contributed by atoms with Crippen molar-refractivity contribution in [2.75, 3.05) is 0 Å². The molecule has 2 heterocycles. The van der Waals surface area contributed by atoms with E-state index in [1.165, 1.54) is 0 Å². The molecular weight excluding hydrogens is 246 g/mol. The van der Waals surface area contributed by atoms with Gasteiger partial charge in [-0.1, -0.05) is 17.3 Å². The first-order chi connectivity index (χ1) is 7.47. The minimum atomic E-state index is -0.493. The summed E-state index contributed by atoms with van der Waals surface area (Å²) >= 11 is 0. The zero-order valence-electron chi connectivity index (χ0n) is 8.05. The third-order valence-corrected chi connectivity index (χ3v) is 5.73. The van der Waals surface area contributed by atoms with E-state index < -0.39 is 30.0 Å². The fourth-order valence-electron chi connectivity index (χ4n) is 1.07. The second-order valence-electron chi connectivity index (χ2n) is 2.79. The van der Waals surface area contributed by atoms with E-state index >= 15 is 0 Å². The fraction of sp³-hybridized carbons (Fsp3) is 0. The second kappa shape index (κ2) is 5.89. The maximum absolute atomic E-state index is 4.94. The molecule has 9 heteroatoms. The molecule has 0 aliphatic carbocycles. The normalized spacial score (nSPS) is 20.5. The lowest BCUT2D eigenvalue weighted by Crippen LogP contribution is -2.23. The van der Waals surface area contributed by atoms with Gasteiger partial charge in [0.15, 0.2) is 0 Å². The second-order valence-corrected chi connectivity index (χ2v) is 8.40. The molecule has 6 nitrogen and oxygen atoms in total. The van der Waals surface area contributed by atoms with Crippen LogP contribution in [0.15, 0.2) is 24.3 Å². The van der Waals surface area contributed by atoms with Crippen LogP contribution in [0.4, 0.5) is 0 Å². The van der Waals surface area contributed by atoms with Gasteiger partial charge >= 0.3 is 0 Å². The number of para-hydroxylation sites is 1. The van der Waals surface area contributed by atoms with Crippen LogP contribution >= 0.6 is 0 Å². The Morgan fingerprint density at radius 1 is 1.00 bits per heavy atom. The Bertz CT molecular complexity index is 367. The first kappa shape index (κ1) is 10.7. The summed E-state index contributed by atoms with van der Waals surface area (Å²) in [5, 5.41) is 10.2. The number of H-pyrrole nitrogens is 1. The minimum absolute atomic E-state index is 0.493. The Hall–Kier alpha value is -0.849. The molecule has 0 unspecified atom stereocenters. The SMILES string of the molecule is O1[SiH2]O[SiH2]O[SiH2]1.c1ccc2[nH]nnc2c1. The number of aromatic amines is 1. The first-order valence-electron chi connectivity index (χ1n) is 4.46. The first-order valence-corrected chi connectivity index (χ1v) is 7.92. The number of benzene rings is 1. The van der Waals surface area contributed by atoms with Gasteiger partial charge in [0.1, 0.15) is 5.52 Å². The van der Waals surface area contributed by atoms with Gasteiger partial charge in [-0.25, -0.2) is 0 Å². The maximum atomic E-state index is 4.94. The predicted octanol–water partition coefficient (Wildman–Crippen LogP) is -2.00. The van der Waals surface area contributed by atoms with Crippen LogP contribution in [0.1, 0.15) is 0 Å². The Labute approximate surface area is 93.5 Å². The summed E-state index contributed by atoms with van der Waals surface area (Å²) < 4.78 is 14.8. The Kier molecular flexibility index (Phi) is 4.19. The molecule has 1 aromatic carbocycles. The molecule has 0 radical (unpaired) electrons. The van der Waals surface area contributed by atoms with Crippen molar-refractivity contribution in [3.05, 3.63) is 24.3 Å². The van der Waals surface area contributed by atoms with Gasteiger partial charge < -0.3 is 12.3 Å². The van der Waals surface area contributed by atoms with Crippen molar-refractivity contribution in [2.24, 2.45) is 0 Å². The van der Waals surface area contributed by atoms with Gasteiger partial charge in [0.05, 0.1) is 5.52 Å². The molecule has 1 aliphatic rings. The molecule has 0 atom stereocenters. The molecule has 3 rings (SSSR count). The molecule has 1 aromatic heterocycles. The number of rotatable bonds is 0. The van der Waals surface area contributed by atoms with E-state index in [2.05, 4.69) is 15.4 Å².